The average molecular weight is 418 g/mol. The van der Waals surface area contributed by atoms with E-state index in [2.05, 4.69) is 10.7 Å². The van der Waals surface area contributed by atoms with E-state index in [1.54, 1.807) is 0 Å². The first-order valence-electron chi connectivity index (χ1n) is 10.3. The molecule has 1 unspecified atom stereocenters. The van der Waals surface area contributed by atoms with Crippen molar-refractivity contribution in [2.45, 2.75) is 39.0 Å². The molecule has 0 spiro atoms. The molecule has 6 nitrogen and oxygen atoms in total. The van der Waals surface area contributed by atoms with Gasteiger partial charge in [-0.3, -0.25) is 10.3 Å². The number of hydrogen-bond donors (Lipinski definition) is 2. The maximum Gasteiger partial charge on any atom is 0.412 e. The third-order valence-electron chi connectivity index (χ3n) is 4.82. The molecule has 6 heteroatoms. The van der Waals surface area contributed by atoms with Crippen molar-refractivity contribution in [3.05, 3.63) is 84.4 Å². The summed E-state index contributed by atoms with van der Waals surface area (Å²) in [6.45, 7) is 7.49. The first-order valence-corrected chi connectivity index (χ1v) is 10.3. The standard InChI is InChI=1S/C25H27N3O3/c1-24(2,3)31-23(29)26-19-15-16-22-21(17-19)28(20-13-9-6-10-14-20)27-25(4,30-22)18-11-7-5-8-12-18/h5-17,27H,1-4H3,(H,26,29). The molecule has 2 N–H and O–H groups in total. The molecule has 1 aliphatic heterocycles. The summed E-state index contributed by atoms with van der Waals surface area (Å²) in [7, 11) is 0. The Kier molecular flexibility index (Phi) is 5.33. The maximum atomic E-state index is 12.2. The predicted octanol–water partition coefficient (Wildman–Crippen LogP) is 5.94. The SMILES string of the molecule is CC(C)(C)OC(=O)Nc1ccc2c(c1)N(c1ccccc1)NC(C)(c1ccccc1)O2. The van der Waals surface area contributed by atoms with E-state index in [4.69, 9.17) is 9.47 Å². The highest BCUT2D eigenvalue weighted by Gasteiger charge is 2.37. The first-order chi connectivity index (χ1) is 14.7. The summed E-state index contributed by atoms with van der Waals surface area (Å²) in [5.74, 6) is 0.698. The lowest BCUT2D eigenvalue weighted by molar-refractivity contribution is 0.0373. The largest absolute Gasteiger partial charge is 0.465 e. The van der Waals surface area contributed by atoms with E-state index in [0.29, 0.717) is 11.4 Å². The summed E-state index contributed by atoms with van der Waals surface area (Å²) in [5.41, 5.74) is 5.50. The maximum absolute atomic E-state index is 12.2. The van der Waals surface area contributed by atoms with Gasteiger partial charge in [-0.25, -0.2) is 4.79 Å². The molecule has 0 aromatic heterocycles. The van der Waals surface area contributed by atoms with Crippen LogP contribution in [-0.4, -0.2) is 11.7 Å². The molecular weight excluding hydrogens is 390 g/mol. The average Bonchev–Trinajstić information content (AvgIpc) is 2.73. The van der Waals surface area contributed by atoms with Crippen molar-refractivity contribution in [1.82, 2.24) is 5.43 Å². The lowest BCUT2D eigenvalue weighted by atomic mass is 10.0. The Bertz CT molecular complexity index is 1060. The number of nitrogens with zero attached hydrogens (tertiary/aromatic N) is 1. The Hall–Kier alpha value is -3.51. The normalized spacial score (nSPS) is 18.0. The van der Waals surface area contributed by atoms with Crippen molar-refractivity contribution in [3.8, 4) is 5.75 Å². The summed E-state index contributed by atoms with van der Waals surface area (Å²) in [5, 5.41) is 4.78. The van der Waals surface area contributed by atoms with Gasteiger partial charge in [-0.15, -0.1) is 0 Å². The molecule has 0 saturated carbocycles. The molecule has 3 aromatic rings. The Balaban J connectivity index is 1.71. The van der Waals surface area contributed by atoms with Gasteiger partial charge < -0.3 is 9.47 Å². The number of anilines is 3. The number of benzene rings is 3. The second-order valence-electron chi connectivity index (χ2n) is 8.59. The number of carbonyl (C=O) groups is 1. The number of hydrogen-bond acceptors (Lipinski definition) is 5. The number of nitrogens with one attached hydrogen (secondary N) is 2. The Labute approximate surface area is 182 Å². The second kappa shape index (κ2) is 7.96. The molecule has 0 bridgehead atoms. The molecule has 3 aromatic carbocycles. The minimum Gasteiger partial charge on any atom is -0.465 e. The van der Waals surface area contributed by atoms with Gasteiger partial charge in [0, 0.05) is 11.3 Å². The minimum absolute atomic E-state index is 0.502. The Morgan fingerprint density at radius 3 is 2.29 bits per heavy atom. The van der Waals surface area contributed by atoms with Crippen LogP contribution in [0.15, 0.2) is 78.9 Å². The molecule has 1 amide bonds. The van der Waals surface area contributed by atoms with E-state index < -0.39 is 17.4 Å². The van der Waals surface area contributed by atoms with E-state index in [0.717, 1.165) is 16.9 Å². The summed E-state index contributed by atoms with van der Waals surface area (Å²) >= 11 is 0. The monoisotopic (exact) mass is 417 g/mol. The highest BCUT2D eigenvalue weighted by Crippen LogP contribution is 2.43. The third-order valence-corrected chi connectivity index (χ3v) is 4.82. The molecule has 0 aliphatic carbocycles. The van der Waals surface area contributed by atoms with Crippen LogP contribution >= 0.6 is 0 Å². The fourth-order valence-corrected chi connectivity index (χ4v) is 3.45. The van der Waals surface area contributed by atoms with Gasteiger partial charge in [0.15, 0.2) is 0 Å². The van der Waals surface area contributed by atoms with Crippen LogP contribution in [0.5, 0.6) is 5.75 Å². The smallest absolute Gasteiger partial charge is 0.412 e. The van der Waals surface area contributed by atoms with E-state index >= 15 is 0 Å². The zero-order valence-corrected chi connectivity index (χ0v) is 18.2. The number of hydrazine groups is 1. The predicted molar refractivity (Wildman–Crippen MR) is 122 cm³/mol. The number of para-hydroxylation sites is 1. The molecule has 0 fully saturated rings. The van der Waals surface area contributed by atoms with Gasteiger partial charge in [0.05, 0.1) is 5.69 Å². The first kappa shape index (κ1) is 20.8. The van der Waals surface area contributed by atoms with Gasteiger partial charge in [0.1, 0.15) is 17.0 Å². The number of carbonyl (C=O) groups excluding carboxylic acids is 1. The highest BCUT2D eigenvalue weighted by molar-refractivity contribution is 5.87. The second-order valence-corrected chi connectivity index (χ2v) is 8.59. The summed E-state index contributed by atoms with van der Waals surface area (Å²) in [6, 6.07) is 25.5. The van der Waals surface area contributed by atoms with Crippen LogP contribution in [0.4, 0.5) is 21.9 Å². The van der Waals surface area contributed by atoms with Crippen molar-refractivity contribution in [2.24, 2.45) is 0 Å². The van der Waals surface area contributed by atoms with Crippen molar-refractivity contribution in [1.29, 1.82) is 0 Å². The van der Waals surface area contributed by atoms with Crippen LogP contribution < -0.4 is 20.5 Å². The zero-order valence-electron chi connectivity index (χ0n) is 18.2. The summed E-state index contributed by atoms with van der Waals surface area (Å²) < 4.78 is 11.8. The van der Waals surface area contributed by atoms with Crippen molar-refractivity contribution < 1.29 is 14.3 Å². The van der Waals surface area contributed by atoms with Crippen LogP contribution in [0.2, 0.25) is 0 Å². The molecule has 0 saturated heterocycles. The molecule has 1 atom stereocenters. The van der Waals surface area contributed by atoms with Gasteiger partial charge in [-0.1, -0.05) is 48.5 Å². The van der Waals surface area contributed by atoms with E-state index in [9.17, 15) is 4.79 Å². The lowest BCUT2D eigenvalue weighted by Crippen LogP contribution is -2.55. The molecular formula is C25H27N3O3. The molecule has 4 rings (SSSR count). The van der Waals surface area contributed by atoms with Gasteiger partial charge in [-0.05, 0) is 58.0 Å². The van der Waals surface area contributed by atoms with Gasteiger partial charge in [0.2, 0.25) is 5.72 Å². The van der Waals surface area contributed by atoms with Crippen molar-refractivity contribution >= 4 is 23.2 Å². The fraction of sp³-hybridized carbons (Fsp3) is 0.240. The number of ether oxygens (including phenoxy) is 2. The van der Waals surface area contributed by atoms with E-state index in [-0.39, 0.29) is 0 Å². The Morgan fingerprint density at radius 2 is 1.65 bits per heavy atom. The molecule has 31 heavy (non-hydrogen) atoms. The molecule has 1 aliphatic rings. The van der Waals surface area contributed by atoms with E-state index in [1.807, 2.05) is 112 Å². The van der Waals surface area contributed by atoms with E-state index in [1.165, 1.54) is 0 Å². The quantitative estimate of drug-likeness (QED) is 0.552. The van der Waals surface area contributed by atoms with Crippen LogP contribution in [0.3, 0.4) is 0 Å². The summed E-state index contributed by atoms with van der Waals surface area (Å²) in [6.07, 6.45) is -0.502. The van der Waals surface area contributed by atoms with Crippen LogP contribution in [0.1, 0.15) is 33.3 Å². The molecule has 1 heterocycles. The number of amides is 1. The highest BCUT2D eigenvalue weighted by atomic mass is 16.6. The minimum atomic E-state index is -0.774. The van der Waals surface area contributed by atoms with Crippen molar-refractivity contribution in [2.75, 3.05) is 10.3 Å². The van der Waals surface area contributed by atoms with Gasteiger partial charge >= 0.3 is 6.09 Å². The number of fused-ring (bicyclic) bond motifs is 1. The topological polar surface area (TPSA) is 62.8 Å². The van der Waals surface area contributed by atoms with Gasteiger partial charge in [0.25, 0.3) is 0 Å². The van der Waals surface area contributed by atoms with Crippen molar-refractivity contribution in [3.63, 3.8) is 0 Å². The number of rotatable bonds is 3. The zero-order chi connectivity index (χ0) is 22.1. The van der Waals surface area contributed by atoms with Crippen LogP contribution in [0.25, 0.3) is 0 Å². The van der Waals surface area contributed by atoms with Gasteiger partial charge in [-0.2, -0.15) is 5.43 Å². The molecule has 160 valence electrons. The van der Waals surface area contributed by atoms with Crippen LogP contribution in [0, 0.1) is 0 Å². The summed E-state index contributed by atoms with van der Waals surface area (Å²) in [4.78, 5) is 12.2. The Morgan fingerprint density at radius 1 is 1.00 bits per heavy atom. The van der Waals surface area contributed by atoms with Crippen LogP contribution in [-0.2, 0) is 10.5 Å². The third kappa shape index (κ3) is 4.64. The molecule has 0 radical (unpaired) electrons. The lowest BCUT2D eigenvalue weighted by Gasteiger charge is -2.43. The fourth-order valence-electron chi connectivity index (χ4n) is 3.45.